The molecule has 4 aliphatic rings. The van der Waals surface area contributed by atoms with E-state index in [0.29, 0.717) is 12.4 Å². The topological polar surface area (TPSA) is 88.4 Å². The first-order valence-electron chi connectivity index (χ1n) is 11.5. The van der Waals surface area contributed by atoms with Crippen LogP contribution in [0.5, 0.6) is 0 Å². The smallest absolute Gasteiger partial charge is 0.250 e. The van der Waals surface area contributed by atoms with Crippen LogP contribution in [0.4, 0.5) is 11.6 Å². The van der Waals surface area contributed by atoms with Gasteiger partial charge in [0.15, 0.2) is 0 Å². The second-order valence-corrected chi connectivity index (χ2v) is 11.0. The van der Waals surface area contributed by atoms with E-state index in [1.165, 1.54) is 56.8 Å². The van der Waals surface area contributed by atoms with Crippen molar-refractivity contribution in [2.75, 3.05) is 10.6 Å². The highest BCUT2D eigenvalue weighted by Gasteiger charge is 2.51. The van der Waals surface area contributed by atoms with Crippen molar-refractivity contribution in [2.45, 2.75) is 51.9 Å². The number of nitrogens with zero attached hydrogens (tertiary/aromatic N) is 3. The number of amides is 2. The Bertz CT molecular complexity index is 1160. The normalized spacial score (nSPS) is 28.2. The predicted octanol–water partition coefficient (Wildman–Crippen LogP) is 4.96. The summed E-state index contributed by atoms with van der Waals surface area (Å²) in [6.07, 6.45) is 8.40. The average molecular weight is 450 g/mol. The highest BCUT2D eigenvalue weighted by Crippen LogP contribution is 2.61. The molecule has 2 heterocycles. The maximum Gasteiger partial charge on any atom is 0.250 e. The van der Waals surface area contributed by atoms with Gasteiger partial charge in [0.05, 0.1) is 5.69 Å². The molecule has 4 aliphatic carbocycles. The quantitative estimate of drug-likeness (QED) is 0.576. The third kappa shape index (κ3) is 3.60. The van der Waals surface area contributed by atoms with Gasteiger partial charge in [0, 0.05) is 30.0 Å². The number of fused-ring (bicyclic) bond motifs is 1. The first-order valence-corrected chi connectivity index (χ1v) is 12.3. The molecule has 2 N–H and O–H groups in total. The molecular formula is C24H27N5O2S. The van der Waals surface area contributed by atoms with E-state index in [9.17, 15) is 9.59 Å². The van der Waals surface area contributed by atoms with E-state index in [0.717, 1.165) is 39.7 Å². The van der Waals surface area contributed by atoms with Gasteiger partial charge in [-0.3, -0.25) is 14.9 Å². The second-order valence-electron chi connectivity index (χ2n) is 10.2. The number of carbonyl (C=O) groups is 2. The molecule has 4 saturated carbocycles. The molecule has 4 fully saturated rings. The van der Waals surface area contributed by atoms with Crippen LogP contribution in [0.3, 0.4) is 0 Å². The van der Waals surface area contributed by atoms with Gasteiger partial charge >= 0.3 is 0 Å². The van der Waals surface area contributed by atoms with E-state index >= 15 is 0 Å². The lowest BCUT2D eigenvalue weighted by molar-refractivity contribution is -0.124. The van der Waals surface area contributed by atoms with Crippen molar-refractivity contribution >= 4 is 39.7 Å². The minimum Gasteiger partial charge on any atom is -0.326 e. The molecule has 2 aromatic heterocycles. The summed E-state index contributed by atoms with van der Waals surface area (Å²) in [6, 6.07) is 7.62. The molecule has 7 nitrogen and oxygen atoms in total. The minimum atomic E-state index is -0.0964. The molecule has 2 amide bonds. The molecular weight excluding hydrogens is 422 g/mol. The van der Waals surface area contributed by atoms with Crippen LogP contribution in [-0.2, 0) is 9.59 Å². The highest BCUT2D eigenvalue weighted by atomic mass is 32.1. The molecule has 0 saturated heterocycles. The molecule has 0 spiro atoms. The number of anilines is 2. The summed E-state index contributed by atoms with van der Waals surface area (Å²) in [4.78, 5) is 29.5. The Balaban J connectivity index is 1.17. The van der Waals surface area contributed by atoms with Gasteiger partial charge in [-0.25, -0.2) is 4.52 Å². The van der Waals surface area contributed by atoms with E-state index in [1.807, 2.05) is 29.6 Å². The third-order valence-corrected chi connectivity index (χ3v) is 8.35. The summed E-state index contributed by atoms with van der Waals surface area (Å²) >= 11 is 1.49. The Labute approximate surface area is 190 Å². The number of hydrogen-bond donors (Lipinski definition) is 2. The monoisotopic (exact) mass is 449 g/mol. The lowest BCUT2D eigenvalue weighted by Crippen LogP contribution is -2.47. The summed E-state index contributed by atoms with van der Waals surface area (Å²) in [6.45, 7) is 1.49. The Morgan fingerprint density at radius 3 is 2.34 bits per heavy atom. The molecule has 0 aliphatic heterocycles. The fraction of sp³-hybridized carbons (Fsp3) is 0.500. The molecule has 0 unspecified atom stereocenters. The number of benzene rings is 1. The number of aromatic nitrogens is 3. The Morgan fingerprint density at radius 2 is 1.72 bits per heavy atom. The molecule has 7 rings (SSSR count). The van der Waals surface area contributed by atoms with Crippen LogP contribution in [0.2, 0.25) is 0 Å². The van der Waals surface area contributed by atoms with E-state index < -0.39 is 0 Å². The van der Waals surface area contributed by atoms with Gasteiger partial charge in [-0.05, 0) is 73.8 Å². The standard InChI is InChI=1S/C24H27N5O2S/c1-14(30)25-19-4-2-18(3-5-19)20-13-32-23-27-22(28-29(20)23)26-21(31)12-24-9-15-6-16(10-24)8-17(7-15)11-24/h2-5,13,15-17H,6-12H2,1H3,(H,25,30)(H,26,28,31). The van der Waals surface area contributed by atoms with Gasteiger partial charge < -0.3 is 5.32 Å². The predicted molar refractivity (Wildman–Crippen MR) is 124 cm³/mol. The molecule has 4 bridgehead atoms. The number of rotatable bonds is 5. The molecule has 8 heteroatoms. The summed E-state index contributed by atoms with van der Waals surface area (Å²) in [5, 5.41) is 12.3. The molecule has 32 heavy (non-hydrogen) atoms. The van der Waals surface area contributed by atoms with Crippen LogP contribution >= 0.6 is 11.3 Å². The molecule has 0 atom stereocenters. The highest BCUT2D eigenvalue weighted by molar-refractivity contribution is 7.15. The van der Waals surface area contributed by atoms with Crippen molar-refractivity contribution < 1.29 is 9.59 Å². The molecule has 0 radical (unpaired) electrons. The number of carbonyl (C=O) groups excluding carboxylic acids is 2. The first kappa shape index (κ1) is 19.9. The fourth-order valence-electron chi connectivity index (χ4n) is 6.88. The van der Waals surface area contributed by atoms with Crippen LogP contribution in [0.1, 0.15) is 51.9 Å². The van der Waals surface area contributed by atoms with Crippen molar-refractivity contribution in [3.05, 3.63) is 29.6 Å². The lowest BCUT2D eigenvalue weighted by atomic mass is 9.49. The van der Waals surface area contributed by atoms with Gasteiger partial charge in [-0.1, -0.05) is 12.1 Å². The van der Waals surface area contributed by atoms with Crippen molar-refractivity contribution in [1.82, 2.24) is 14.6 Å². The Morgan fingerprint density at radius 1 is 1.06 bits per heavy atom. The van der Waals surface area contributed by atoms with E-state index in [1.54, 1.807) is 4.52 Å². The zero-order chi connectivity index (χ0) is 21.9. The van der Waals surface area contributed by atoms with Gasteiger partial charge in [0.1, 0.15) is 0 Å². The van der Waals surface area contributed by atoms with Crippen molar-refractivity contribution in [3.8, 4) is 11.3 Å². The zero-order valence-corrected chi connectivity index (χ0v) is 19.0. The van der Waals surface area contributed by atoms with Gasteiger partial charge in [-0.2, -0.15) is 4.98 Å². The zero-order valence-electron chi connectivity index (χ0n) is 18.1. The second kappa shape index (κ2) is 7.40. The fourth-order valence-corrected chi connectivity index (χ4v) is 7.71. The number of nitrogens with one attached hydrogen (secondary N) is 2. The maximum absolute atomic E-state index is 12.9. The summed E-state index contributed by atoms with van der Waals surface area (Å²) in [7, 11) is 0. The number of hydrogen-bond acceptors (Lipinski definition) is 5. The minimum absolute atomic E-state index is 0.0476. The Hall–Kier alpha value is -2.74. The van der Waals surface area contributed by atoms with E-state index in [4.69, 9.17) is 0 Å². The molecule has 166 valence electrons. The van der Waals surface area contributed by atoms with E-state index in [2.05, 4.69) is 20.7 Å². The summed E-state index contributed by atoms with van der Waals surface area (Å²) in [5.41, 5.74) is 2.84. The van der Waals surface area contributed by atoms with Crippen molar-refractivity contribution in [2.24, 2.45) is 23.2 Å². The van der Waals surface area contributed by atoms with Crippen LogP contribution in [0, 0.1) is 23.2 Å². The third-order valence-electron chi connectivity index (χ3n) is 7.53. The van der Waals surface area contributed by atoms with Gasteiger partial charge in [-0.15, -0.1) is 16.4 Å². The molecule has 3 aromatic rings. The Kier molecular flexibility index (Phi) is 4.61. The maximum atomic E-state index is 12.9. The molecule has 1 aromatic carbocycles. The lowest BCUT2D eigenvalue weighted by Gasteiger charge is -2.56. The largest absolute Gasteiger partial charge is 0.326 e. The average Bonchev–Trinajstić information content (AvgIpc) is 3.26. The van der Waals surface area contributed by atoms with Crippen LogP contribution in [0.25, 0.3) is 16.2 Å². The van der Waals surface area contributed by atoms with Crippen LogP contribution in [-0.4, -0.2) is 26.4 Å². The summed E-state index contributed by atoms with van der Waals surface area (Å²) < 4.78 is 1.78. The number of thiazole rings is 1. The summed E-state index contributed by atoms with van der Waals surface area (Å²) in [5.74, 6) is 2.84. The van der Waals surface area contributed by atoms with Gasteiger partial charge in [0.25, 0.3) is 0 Å². The van der Waals surface area contributed by atoms with Gasteiger partial charge in [0.2, 0.25) is 22.7 Å². The SMILES string of the molecule is CC(=O)Nc1ccc(-c2csc3nc(NC(=O)CC45CC6CC(CC(C6)C4)C5)nn23)cc1. The first-order chi connectivity index (χ1) is 15.4. The van der Waals surface area contributed by atoms with Crippen molar-refractivity contribution in [3.63, 3.8) is 0 Å². The van der Waals surface area contributed by atoms with E-state index in [-0.39, 0.29) is 17.2 Å². The van der Waals surface area contributed by atoms with Crippen LogP contribution < -0.4 is 10.6 Å². The van der Waals surface area contributed by atoms with Crippen LogP contribution in [0.15, 0.2) is 29.6 Å². The van der Waals surface area contributed by atoms with Crippen molar-refractivity contribution in [1.29, 1.82) is 0 Å².